The van der Waals surface area contributed by atoms with Crippen molar-refractivity contribution in [2.45, 2.75) is 32.7 Å². The lowest BCUT2D eigenvalue weighted by Gasteiger charge is -2.21. The maximum absolute atomic E-state index is 6.05. The molecular weight excluding hydrogens is 282 g/mol. The Balaban J connectivity index is 3.13. The van der Waals surface area contributed by atoms with Crippen LogP contribution in [0.25, 0.3) is 0 Å². The Bertz CT molecular complexity index is 386. The van der Waals surface area contributed by atoms with Crippen LogP contribution in [0.3, 0.4) is 0 Å². The summed E-state index contributed by atoms with van der Waals surface area (Å²) in [6, 6.07) is 3.91. The second-order valence-corrected chi connectivity index (χ2v) is 5.55. The molecule has 0 saturated heterocycles. The maximum atomic E-state index is 6.05. The van der Waals surface area contributed by atoms with Gasteiger partial charge >= 0.3 is 0 Å². The van der Waals surface area contributed by atoms with Crippen LogP contribution in [0.15, 0.2) is 16.6 Å². The maximum Gasteiger partial charge on any atom is 0.136 e. The van der Waals surface area contributed by atoms with Crippen molar-refractivity contribution < 1.29 is 9.47 Å². The number of hydrogen-bond donors (Lipinski definition) is 1. The van der Waals surface area contributed by atoms with Crippen LogP contribution in [-0.4, -0.2) is 19.3 Å². The van der Waals surface area contributed by atoms with Crippen molar-refractivity contribution in [1.29, 1.82) is 0 Å². The second-order valence-electron chi connectivity index (χ2n) is 4.69. The van der Waals surface area contributed by atoms with E-state index in [0.717, 1.165) is 28.0 Å². The van der Waals surface area contributed by atoms with E-state index in [1.165, 1.54) is 0 Å². The van der Waals surface area contributed by atoms with E-state index in [0.29, 0.717) is 6.61 Å². The van der Waals surface area contributed by atoms with Crippen molar-refractivity contribution in [1.82, 2.24) is 0 Å². The third-order valence-corrected chi connectivity index (χ3v) is 2.90. The molecule has 1 aromatic carbocycles. The Hall–Kier alpha value is -0.740. The predicted octanol–water partition coefficient (Wildman–Crippen LogP) is 3.14. The molecule has 0 atom stereocenters. The fourth-order valence-electron chi connectivity index (χ4n) is 1.65. The minimum absolute atomic E-state index is 0.264. The van der Waals surface area contributed by atoms with Crippen molar-refractivity contribution in [3.8, 4) is 11.5 Å². The van der Waals surface area contributed by atoms with E-state index in [9.17, 15) is 0 Å². The van der Waals surface area contributed by atoms with Gasteiger partial charge in [-0.2, -0.15) is 0 Å². The zero-order valence-corrected chi connectivity index (χ0v) is 12.4. The first-order valence-electron chi connectivity index (χ1n) is 5.65. The molecule has 4 heteroatoms. The SMILES string of the molecule is CCOc1cc(OC)c(Br)cc1CC(C)(C)N. The summed E-state index contributed by atoms with van der Waals surface area (Å²) < 4.78 is 11.8. The molecule has 0 aromatic heterocycles. The minimum Gasteiger partial charge on any atom is -0.495 e. The quantitative estimate of drug-likeness (QED) is 0.909. The van der Waals surface area contributed by atoms with Crippen LogP contribution in [0.1, 0.15) is 26.3 Å². The van der Waals surface area contributed by atoms with Crippen molar-refractivity contribution in [2.24, 2.45) is 5.73 Å². The van der Waals surface area contributed by atoms with Crippen molar-refractivity contribution >= 4 is 15.9 Å². The average Bonchev–Trinajstić information content (AvgIpc) is 2.20. The largest absolute Gasteiger partial charge is 0.495 e. The number of halogens is 1. The first-order chi connectivity index (χ1) is 7.87. The molecule has 0 fully saturated rings. The van der Waals surface area contributed by atoms with Crippen LogP contribution >= 0.6 is 15.9 Å². The highest BCUT2D eigenvalue weighted by atomic mass is 79.9. The minimum atomic E-state index is -0.264. The lowest BCUT2D eigenvalue weighted by Crippen LogP contribution is -2.34. The third-order valence-electron chi connectivity index (χ3n) is 2.28. The zero-order valence-electron chi connectivity index (χ0n) is 10.8. The number of nitrogens with two attached hydrogens (primary N) is 1. The number of methoxy groups -OCH3 is 1. The Labute approximate surface area is 111 Å². The fourth-order valence-corrected chi connectivity index (χ4v) is 2.20. The Morgan fingerprint density at radius 1 is 1.29 bits per heavy atom. The van der Waals surface area contributed by atoms with E-state index in [1.54, 1.807) is 7.11 Å². The molecule has 0 unspecified atom stereocenters. The van der Waals surface area contributed by atoms with Gasteiger partial charge in [0, 0.05) is 11.6 Å². The topological polar surface area (TPSA) is 44.5 Å². The highest BCUT2D eigenvalue weighted by Crippen LogP contribution is 2.34. The van der Waals surface area contributed by atoms with Crippen LogP contribution in [0.5, 0.6) is 11.5 Å². The lowest BCUT2D eigenvalue weighted by molar-refractivity contribution is 0.329. The fraction of sp³-hybridized carbons (Fsp3) is 0.538. The smallest absolute Gasteiger partial charge is 0.136 e. The molecule has 0 heterocycles. The molecule has 0 spiro atoms. The van der Waals surface area contributed by atoms with E-state index in [2.05, 4.69) is 15.9 Å². The van der Waals surface area contributed by atoms with E-state index in [-0.39, 0.29) is 5.54 Å². The number of rotatable bonds is 5. The summed E-state index contributed by atoms with van der Waals surface area (Å²) >= 11 is 3.48. The van der Waals surface area contributed by atoms with E-state index in [1.807, 2.05) is 32.9 Å². The molecule has 0 radical (unpaired) electrons. The molecule has 1 rings (SSSR count). The van der Waals surface area contributed by atoms with E-state index in [4.69, 9.17) is 15.2 Å². The molecule has 0 aliphatic carbocycles. The number of ether oxygens (including phenoxy) is 2. The van der Waals surface area contributed by atoms with Gasteiger partial charge in [-0.3, -0.25) is 0 Å². The van der Waals surface area contributed by atoms with Crippen molar-refractivity contribution in [3.63, 3.8) is 0 Å². The van der Waals surface area contributed by atoms with Gasteiger partial charge in [0.25, 0.3) is 0 Å². The van der Waals surface area contributed by atoms with Gasteiger partial charge in [-0.05, 0) is 54.8 Å². The van der Waals surface area contributed by atoms with Crippen LogP contribution in [0.4, 0.5) is 0 Å². The van der Waals surface area contributed by atoms with Crippen LogP contribution < -0.4 is 15.2 Å². The Kier molecular flexibility index (Phi) is 4.83. The Morgan fingerprint density at radius 2 is 1.94 bits per heavy atom. The monoisotopic (exact) mass is 301 g/mol. The summed E-state index contributed by atoms with van der Waals surface area (Å²) in [5, 5.41) is 0. The summed E-state index contributed by atoms with van der Waals surface area (Å²) in [5.74, 6) is 1.61. The molecule has 0 amide bonds. The highest BCUT2D eigenvalue weighted by Gasteiger charge is 2.17. The highest BCUT2D eigenvalue weighted by molar-refractivity contribution is 9.10. The van der Waals surface area contributed by atoms with Crippen LogP contribution in [-0.2, 0) is 6.42 Å². The average molecular weight is 302 g/mol. The molecule has 1 aromatic rings. The molecule has 0 aliphatic heterocycles. The third kappa shape index (κ3) is 4.21. The summed E-state index contributed by atoms with van der Waals surface area (Å²) in [6.07, 6.45) is 0.755. The van der Waals surface area contributed by atoms with Crippen molar-refractivity contribution in [3.05, 3.63) is 22.2 Å². The van der Waals surface area contributed by atoms with Gasteiger partial charge in [0.15, 0.2) is 0 Å². The van der Waals surface area contributed by atoms with Crippen LogP contribution in [0, 0.1) is 0 Å². The van der Waals surface area contributed by atoms with Gasteiger partial charge in [0.05, 0.1) is 18.2 Å². The molecular formula is C13H20BrNO2. The van der Waals surface area contributed by atoms with Gasteiger partial charge in [-0.1, -0.05) is 0 Å². The van der Waals surface area contributed by atoms with Gasteiger partial charge < -0.3 is 15.2 Å². The molecule has 0 aliphatic rings. The van der Waals surface area contributed by atoms with E-state index >= 15 is 0 Å². The Morgan fingerprint density at radius 3 is 2.41 bits per heavy atom. The number of benzene rings is 1. The molecule has 0 saturated carbocycles. The predicted molar refractivity (Wildman–Crippen MR) is 73.8 cm³/mol. The first kappa shape index (κ1) is 14.3. The number of hydrogen-bond acceptors (Lipinski definition) is 3. The van der Waals surface area contributed by atoms with Gasteiger partial charge in [-0.25, -0.2) is 0 Å². The van der Waals surface area contributed by atoms with Gasteiger partial charge in [-0.15, -0.1) is 0 Å². The van der Waals surface area contributed by atoms with E-state index < -0.39 is 0 Å². The van der Waals surface area contributed by atoms with Gasteiger partial charge in [0.2, 0.25) is 0 Å². The standard InChI is InChI=1S/C13H20BrNO2/c1-5-17-11-7-12(16-4)10(14)6-9(11)8-13(2,3)15/h6-7H,5,8,15H2,1-4H3. The first-order valence-corrected chi connectivity index (χ1v) is 6.44. The molecule has 0 bridgehead atoms. The van der Waals surface area contributed by atoms with Gasteiger partial charge in [0.1, 0.15) is 11.5 Å². The summed E-state index contributed by atoms with van der Waals surface area (Å²) in [4.78, 5) is 0. The molecule has 17 heavy (non-hydrogen) atoms. The summed E-state index contributed by atoms with van der Waals surface area (Å²) in [6.45, 7) is 6.59. The summed E-state index contributed by atoms with van der Waals surface area (Å²) in [7, 11) is 1.64. The van der Waals surface area contributed by atoms with Crippen LogP contribution in [0.2, 0.25) is 0 Å². The second kappa shape index (κ2) is 5.74. The normalized spacial score (nSPS) is 11.4. The molecule has 96 valence electrons. The zero-order chi connectivity index (χ0) is 13.1. The van der Waals surface area contributed by atoms with Crippen molar-refractivity contribution in [2.75, 3.05) is 13.7 Å². The molecule has 2 N–H and O–H groups in total. The molecule has 3 nitrogen and oxygen atoms in total. The lowest BCUT2D eigenvalue weighted by atomic mass is 9.95. The summed E-state index contributed by atoms with van der Waals surface area (Å²) in [5.41, 5.74) is 6.88.